The Labute approximate surface area is 184 Å². The first kappa shape index (κ1) is 22.8. The minimum atomic E-state index is -0.568. The molecular weight excluding hydrogens is 495 g/mol. The number of rotatable bonds is 5. The van der Waals surface area contributed by atoms with Gasteiger partial charge in [0.25, 0.3) is 5.69 Å². The van der Waals surface area contributed by atoms with Crippen LogP contribution in [0, 0.1) is 21.7 Å². The summed E-state index contributed by atoms with van der Waals surface area (Å²) in [5.41, 5.74) is 0.910. The molecule has 7 nitrogen and oxygen atoms in total. The number of non-ortho nitro benzene ring substituents is 1. The number of aliphatic imine (C=N–C) groups is 1. The average molecular weight is 517 g/mol. The van der Waals surface area contributed by atoms with Crippen molar-refractivity contribution < 1.29 is 13.7 Å². The molecule has 0 aliphatic carbocycles. The molecule has 156 valence electrons. The fourth-order valence-electron chi connectivity index (χ4n) is 3.18. The molecule has 1 aliphatic rings. The van der Waals surface area contributed by atoms with Crippen molar-refractivity contribution in [1.82, 2.24) is 10.6 Å². The number of guanidine groups is 1. The summed E-state index contributed by atoms with van der Waals surface area (Å²) in [7, 11) is 1.63. The maximum absolute atomic E-state index is 14.0. The quantitative estimate of drug-likeness (QED) is 0.209. The predicted octanol–water partition coefficient (Wildman–Crippen LogP) is 3.43. The molecule has 0 amide bonds. The van der Waals surface area contributed by atoms with Gasteiger partial charge in [-0.05, 0) is 24.1 Å². The van der Waals surface area contributed by atoms with Gasteiger partial charge in [0.2, 0.25) is 0 Å². The van der Waals surface area contributed by atoms with Crippen LogP contribution in [0.2, 0.25) is 0 Å². The zero-order chi connectivity index (χ0) is 20.1. The molecule has 3 rings (SSSR count). The summed E-state index contributed by atoms with van der Waals surface area (Å²) in [6.45, 7) is 1.43. The van der Waals surface area contributed by atoms with Gasteiger partial charge in [0, 0.05) is 44.9 Å². The number of hydrogen-bond acceptors (Lipinski definition) is 4. The number of anilines is 1. The first-order chi connectivity index (χ1) is 13.5. The van der Waals surface area contributed by atoms with Crippen LogP contribution in [0.4, 0.5) is 20.2 Å². The van der Waals surface area contributed by atoms with Crippen molar-refractivity contribution in [2.24, 2.45) is 4.99 Å². The first-order valence-electron chi connectivity index (χ1n) is 8.87. The van der Waals surface area contributed by atoms with Gasteiger partial charge in [0.15, 0.2) is 5.96 Å². The van der Waals surface area contributed by atoms with Gasteiger partial charge in [-0.15, -0.1) is 24.0 Å². The smallest absolute Gasteiger partial charge is 0.269 e. The van der Waals surface area contributed by atoms with Gasteiger partial charge in [-0.25, -0.2) is 8.78 Å². The number of nitro groups is 1. The van der Waals surface area contributed by atoms with Crippen LogP contribution in [0.15, 0.2) is 47.5 Å². The summed E-state index contributed by atoms with van der Waals surface area (Å²) >= 11 is 0. The summed E-state index contributed by atoms with van der Waals surface area (Å²) in [5, 5.41) is 17.1. The number of hydrogen-bond donors (Lipinski definition) is 2. The van der Waals surface area contributed by atoms with Crippen molar-refractivity contribution in [2.75, 3.05) is 25.0 Å². The summed E-state index contributed by atoms with van der Waals surface area (Å²) in [6, 6.07) is 10.1. The minimum absolute atomic E-state index is 0. The van der Waals surface area contributed by atoms with E-state index in [0.717, 1.165) is 5.56 Å². The largest absolute Gasteiger partial charge is 0.365 e. The lowest BCUT2D eigenvalue weighted by atomic mass is 10.2. The first-order valence-corrected chi connectivity index (χ1v) is 8.87. The molecule has 1 saturated heterocycles. The lowest BCUT2D eigenvalue weighted by molar-refractivity contribution is -0.384. The van der Waals surface area contributed by atoms with Crippen LogP contribution in [0.25, 0.3) is 0 Å². The molecule has 10 heteroatoms. The van der Waals surface area contributed by atoms with Gasteiger partial charge in [-0.3, -0.25) is 15.1 Å². The van der Waals surface area contributed by atoms with Gasteiger partial charge in [0.1, 0.15) is 17.3 Å². The highest BCUT2D eigenvalue weighted by molar-refractivity contribution is 14.0. The number of nitro benzene ring substituents is 1. The van der Waals surface area contributed by atoms with Gasteiger partial charge < -0.3 is 15.5 Å². The normalized spacial score (nSPS) is 16.3. The van der Waals surface area contributed by atoms with Crippen LogP contribution in [0.5, 0.6) is 0 Å². The third kappa shape index (κ3) is 5.75. The average Bonchev–Trinajstić information content (AvgIpc) is 3.13. The second kappa shape index (κ2) is 10.3. The highest BCUT2D eigenvalue weighted by atomic mass is 127. The molecular formula is C19H22F2IN5O2. The third-order valence-electron chi connectivity index (χ3n) is 4.61. The molecule has 29 heavy (non-hydrogen) atoms. The SMILES string of the molecule is CN=C(NCc1ccc([N+](=O)[O-])cc1)NC1CCN(c2c(F)cccc2F)C1.I. The molecule has 1 atom stereocenters. The molecule has 1 heterocycles. The maximum Gasteiger partial charge on any atom is 0.269 e. The summed E-state index contributed by atoms with van der Waals surface area (Å²) < 4.78 is 27.9. The Bertz CT molecular complexity index is 859. The Kier molecular flexibility index (Phi) is 8.11. The van der Waals surface area contributed by atoms with E-state index in [0.29, 0.717) is 32.0 Å². The van der Waals surface area contributed by atoms with Crippen LogP contribution in [-0.4, -0.2) is 37.1 Å². The molecule has 2 N–H and O–H groups in total. The lowest BCUT2D eigenvalue weighted by Crippen LogP contribution is -2.44. The molecule has 0 bridgehead atoms. The van der Waals surface area contributed by atoms with E-state index in [4.69, 9.17) is 0 Å². The second-order valence-corrected chi connectivity index (χ2v) is 6.50. The Morgan fingerprint density at radius 1 is 1.24 bits per heavy atom. The van der Waals surface area contributed by atoms with Gasteiger partial charge >= 0.3 is 0 Å². The van der Waals surface area contributed by atoms with E-state index in [9.17, 15) is 18.9 Å². The molecule has 2 aromatic rings. The summed E-state index contributed by atoms with van der Waals surface area (Å²) in [6.07, 6.45) is 0.714. The van der Waals surface area contributed by atoms with E-state index < -0.39 is 16.6 Å². The monoisotopic (exact) mass is 517 g/mol. The lowest BCUT2D eigenvalue weighted by Gasteiger charge is -2.21. The van der Waals surface area contributed by atoms with Gasteiger partial charge in [-0.2, -0.15) is 0 Å². The fourth-order valence-corrected chi connectivity index (χ4v) is 3.18. The molecule has 1 fully saturated rings. The molecule has 2 aromatic carbocycles. The molecule has 0 spiro atoms. The Hall–Kier alpha value is -2.50. The van der Waals surface area contributed by atoms with Crippen LogP contribution in [-0.2, 0) is 6.54 Å². The van der Waals surface area contributed by atoms with E-state index in [-0.39, 0.29) is 41.4 Å². The van der Waals surface area contributed by atoms with Crippen molar-refractivity contribution >= 4 is 41.3 Å². The predicted molar refractivity (Wildman–Crippen MR) is 119 cm³/mol. The van der Waals surface area contributed by atoms with Crippen molar-refractivity contribution in [2.45, 2.75) is 19.0 Å². The van der Waals surface area contributed by atoms with E-state index in [1.807, 2.05) is 0 Å². The van der Waals surface area contributed by atoms with Crippen molar-refractivity contribution in [1.29, 1.82) is 0 Å². The summed E-state index contributed by atoms with van der Waals surface area (Å²) in [4.78, 5) is 16.1. The fraction of sp³-hybridized carbons (Fsp3) is 0.316. The minimum Gasteiger partial charge on any atom is -0.365 e. The van der Waals surface area contributed by atoms with E-state index >= 15 is 0 Å². The Morgan fingerprint density at radius 3 is 2.48 bits per heavy atom. The van der Waals surface area contributed by atoms with Crippen LogP contribution < -0.4 is 15.5 Å². The van der Waals surface area contributed by atoms with Crippen LogP contribution in [0.3, 0.4) is 0 Å². The van der Waals surface area contributed by atoms with Crippen molar-refractivity contribution in [3.8, 4) is 0 Å². The standard InChI is InChI=1S/C19H21F2N5O2.HI/c1-22-19(23-11-13-5-7-15(8-6-13)26(27)28)24-14-9-10-25(12-14)18-16(20)3-2-4-17(18)21;/h2-8,14H,9-12H2,1H3,(H2,22,23,24);1H. The van der Waals surface area contributed by atoms with Crippen LogP contribution >= 0.6 is 24.0 Å². The number of para-hydroxylation sites is 1. The number of nitrogens with one attached hydrogen (secondary N) is 2. The number of halogens is 3. The second-order valence-electron chi connectivity index (χ2n) is 6.50. The maximum atomic E-state index is 14.0. The molecule has 0 aromatic heterocycles. The molecule has 1 unspecified atom stereocenters. The van der Waals surface area contributed by atoms with E-state index in [1.165, 1.54) is 30.3 Å². The van der Waals surface area contributed by atoms with Crippen molar-refractivity contribution in [3.05, 3.63) is 69.8 Å². The highest BCUT2D eigenvalue weighted by Gasteiger charge is 2.27. The van der Waals surface area contributed by atoms with Gasteiger partial charge in [-0.1, -0.05) is 18.2 Å². The topological polar surface area (TPSA) is 82.8 Å². The van der Waals surface area contributed by atoms with E-state index in [1.54, 1.807) is 24.1 Å². The molecule has 1 aliphatic heterocycles. The summed E-state index contributed by atoms with van der Waals surface area (Å²) in [5.74, 6) is -0.582. The number of nitrogens with zero attached hydrogens (tertiary/aromatic N) is 3. The highest BCUT2D eigenvalue weighted by Crippen LogP contribution is 2.26. The van der Waals surface area contributed by atoms with Crippen molar-refractivity contribution in [3.63, 3.8) is 0 Å². The van der Waals surface area contributed by atoms with Crippen LogP contribution in [0.1, 0.15) is 12.0 Å². The number of benzene rings is 2. The third-order valence-corrected chi connectivity index (χ3v) is 4.61. The Morgan fingerprint density at radius 2 is 1.90 bits per heavy atom. The zero-order valence-electron chi connectivity index (χ0n) is 15.8. The molecule has 0 radical (unpaired) electrons. The molecule has 0 saturated carbocycles. The Balaban J connectivity index is 0.00000300. The van der Waals surface area contributed by atoms with E-state index in [2.05, 4.69) is 15.6 Å². The van der Waals surface area contributed by atoms with Gasteiger partial charge in [0.05, 0.1) is 4.92 Å². The zero-order valence-corrected chi connectivity index (χ0v) is 18.1.